The van der Waals surface area contributed by atoms with E-state index in [2.05, 4.69) is 17.0 Å². The number of nitrogens with one attached hydrogen (secondary N) is 2. The molecule has 5 nitrogen and oxygen atoms in total. The van der Waals surface area contributed by atoms with Crippen LogP contribution in [0.5, 0.6) is 0 Å². The molecule has 0 bridgehead atoms. The predicted octanol–water partition coefficient (Wildman–Crippen LogP) is 3.02. The minimum absolute atomic E-state index is 0.0826. The van der Waals surface area contributed by atoms with Crippen molar-refractivity contribution in [3.63, 3.8) is 0 Å². The molecule has 27 heavy (non-hydrogen) atoms. The van der Waals surface area contributed by atoms with Crippen LogP contribution in [0.4, 0.5) is 4.39 Å². The van der Waals surface area contributed by atoms with Gasteiger partial charge in [-0.3, -0.25) is 4.79 Å². The molecule has 0 aliphatic rings. The Kier molecular flexibility index (Phi) is 7.94. The van der Waals surface area contributed by atoms with Crippen molar-refractivity contribution in [1.82, 2.24) is 10.0 Å². The molecule has 0 radical (unpaired) electrons. The smallest absolute Gasteiger partial charge is 0.241 e. The van der Waals surface area contributed by atoms with E-state index in [1.165, 1.54) is 12.1 Å². The molecule has 0 aliphatic heterocycles. The average molecular weight is 392 g/mol. The van der Waals surface area contributed by atoms with Gasteiger partial charge in [-0.15, -0.1) is 0 Å². The van der Waals surface area contributed by atoms with Gasteiger partial charge in [0.2, 0.25) is 15.9 Å². The van der Waals surface area contributed by atoms with Gasteiger partial charge in [0.1, 0.15) is 11.9 Å². The number of carbonyl (C=O) groups is 1. The summed E-state index contributed by atoms with van der Waals surface area (Å²) in [7, 11) is -3.95. The first kappa shape index (κ1) is 21.1. The van der Waals surface area contributed by atoms with Crippen molar-refractivity contribution in [3.8, 4) is 0 Å². The highest BCUT2D eigenvalue weighted by Gasteiger charge is 2.26. The fraction of sp³-hybridized carbons (Fsp3) is 0.350. The average Bonchev–Trinajstić information content (AvgIpc) is 2.65. The summed E-state index contributed by atoms with van der Waals surface area (Å²) in [5.74, 6) is -0.899. The number of unbranched alkanes of at least 4 members (excludes halogenated alkanes) is 2. The van der Waals surface area contributed by atoms with Gasteiger partial charge in [0, 0.05) is 6.54 Å². The molecule has 0 saturated heterocycles. The molecule has 0 spiro atoms. The summed E-state index contributed by atoms with van der Waals surface area (Å²) in [6.45, 7) is 2.56. The molecule has 146 valence electrons. The monoisotopic (exact) mass is 392 g/mol. The Hall–Kier alpha value is -2.25. The summed E-state index contributed by atoms with van der Waals surface area (Å²) in [6, 6.07) is 12.7. The van der Waals surface area contributed by atoms with Crippen molar-refractivity contribution >= 4 is 15.9 Å². The second-order valence-corrected chi connectivity index (χ2v) is 8.03. The SMILES string of the molecule is CCCCCNC(=O)[C@@H](Cc1ccccc1)NS(=O)(=O)c1ccc(F)cc1. The van der Waals surface area contributed by atoms with Crippen LogP contribution in [0.2, 0.25) is 0 Å². The van der Waals surface area contributed by atoms with Crippen LogP contribution in [0, 0.1) is 5.82 Å². The van der Waals surface area contributed by atoms with Gasteiger partial charge < -0.3 is 5.32 Å². The maximum absolute atomic E-state index is 13.1. The molecule has 2 aromatic carbocycles. The van der Waals surface area contributed by atoms with Crippen molar-refractivity contribution in [1.29, 1.82) is 0 Å². The van der Waals surface area contributed by atoms with E-state index in [0.717, 1.165) is 37.0 Å². The second kappa shape index (κ2) is 10.2. The fourth-order valence-electron chi connectivity index (χ4n) is 2.62. The molecule has 1 atom stereocenters. The second-order valence-electron chi connectivity index (χ2n) is 6.32. The quantitative estimate of drug-likeness (QED) is 0.611. The number of carbonyl (C=O) groups excluding carboxylic acids is 1. The number of sulfonamides is 1. The first-order chi connectivity index (χ1) is 12.9. The molecule has 0 saturated carbocycles. The Morgan fingerprint density at radius 1 is 1.04 bits per heavy atom. The van der Waals surface area contributed by atoms with Crippen LogP contribution in [0.15, 0.2) is 59.5 Å². The van der Waals surface area contributed by atoms with E-state index in [1.54, 1.807) is 0 Å². The first-order valence-corrected chi connectivity index (χ1v) is 10.5. The number of halogens is 1. The minimum Gasteiger partial charge on any atom is -0.355 e. The van der Waals surface area contributed by atoms with Gasteiger partial charge in [0.05, 0.1) is 4.90 Å². The van der Waals surface area contributed by atoms with Gasteiger partial charge in [0.15, 0.2) is 0 Å². The molecule has 1 amide bonds. The van der Waals surface area contributed by atoms with Crippen molar-refractivity contribution in [2.75, 3.05) is 6.54 Å². The molecule has 0 unspecified atom stereocenters. The topological polar surface area (TPSA) is 75.3 Å². The number of benzene rings is 2. The van der Waals surface area contributed by atoms with Crippen LogP contribution in [0.25, 0.3) is 0 Å². The van der Waals surface area contributed by atoms with E-state index in [4.69, 9.17) is 0 Å². The molecule has 2 N–H and O–H groups in total. The third-order valence-electron chi connectivity index (χ3n) is 4.10. The summed E-state index contributed by atoms with van der Waals surface area (Å²) in [6.07, 6.45) is 3.08. The van der Waals surface area contributed by atoms with Crippen molar-refractivity contribution in [2.24, 2.45) is 0 Å². The Balaban J connectivity index is 2.15. The predicted molar refractivity (Wildman–Crippen MR) is 103 cm³/mol. The lowest BCUT2D eigenvalue weighted by Gasteiger charge is -2.19. The summed E-state index contributed by atoms with van der Waals surface area (Å²) >= 11 is 0. The van der Waals surface area contributed by atoms with Gasteiger partial charge in [0.25, 0.3) is 0 Å². The van der Waals surface area contributed by atoms with Crippen molar-refractivity contribution < 1.29 is 17.6 Å². The maximum Gasteiger partial charge on any atom is 0.241 e. The molecule has 0 aromatic heterocycles. The van der Waals surface area contributed by atoms with Crippen LogP contribution >= 0.6 is 0 Å². The number of rotatable bonds is 10. The van der Waals surface area contributed by atoms with Gasteiger partial charge >= 0.3 is 0 Å². The fourth-order valence-corrected chi connectivity index (χ4v) is 3.81. The van der Waals surface area contributed by atoms with E-state index >= 15 is 0 Å². The normalized spacial score (nSPS) is 12.5. The lowest BCUT2D eigenvalue weighted by molar-refractivity contribution is -0.122. The zero-order valence-corrected chi connectivity index (χ0v) is 16.1. The first-order valence-electron chi connectivity index (χ1n) is 9.02. The Bertz CT molecular complexity index is 824. The highest BCUT2D eigenvalue weighted by atomic mass is 32.2. The van der Waals surface area contributed by atoms with Gasteiger partial charge in [-0.2, -0.15) is 4.72 Å². The van der Waals surface area contributed by atoms with Crippen LogP contribution < -0.4 is 10.0 Å². The zero-order valence-electron chi connectivity index (χ0n) is 15.3. The van der Waals surface area contributed by atoms with Crippen LogP contribution in [0.3, 0.4) is 0 Å². The lowest BCUT2D eigenvalue weighted by atomic mass is 10.1. The molecule has 7 heteroatoms. The molecule has 2 rings (SSSR count). The molecule has 0 fully saturated rings. The number of hydrogen-bond donors (Lipinski definition) is 2. The van der Waals surface area contributed by atoms with Crippen LogP contribution in [-0.4, -0.2) is 26.9 Å². The number of hydrogen-bond acceptors (Lipinski definition) is 3. The zero-order chi connectivity index (χ0) is 19.7. The standard InChI is InChI=1S/C20H25FN2O3S/c1-2-3-7-14-22-20(24)19(15-16-8-5-4-6-9-16)23-27(25,26)18-12-10-17(21)11-13-18/h4-6,8-13,19,23H,2-3,7,14-15H2,1H3,(H,22,24)/t19-/m1/s1. The largest absolute Gasteiger partial charge is 0.355 e. The highest BCUT2D eigenvalue weighted by molar-refractivity contribution is 7.89. The van der Waals surface area contributed by atoms with E-state index < -0.39 is 21.9 Å². The minimum atomic E-state index is -3.95. The maximum atomic E-state index is 13.1. The van der Waals surface area contributed by atoms with E-state index in [0.29, 0.717) is 6.54 Å². The van der Waals surface area contributed by atoms with Gasteiger partial charge in [-0.05, 0) is 42.7 Å². The Morgan fingerprint density at radius 3 is 2.33 bits per heavy atom. The van der Waals surface area contributed by atoms with Crippen molar-refractivity contribution in [2.45, 2.75) is 43.5 Å². The van der Waals surface area contributed by atoms with E-state index in [9.17, 15) is 17.6 Å². The van der Waals surface area contributed by atoms with Crippen molar-refractivity contribution in [3.05, 3.63) is 66.0 Å². The summed E-state index contributed by atoms with van der Waals surface area (Å²) in [5, 5.41) is 2.80. The van der Waals surface area contributed by atoms with Gasteiger partial charge in [-0.25, -0.2) is 12.8 Å². The number of amides is 1. The summed E-state index contributed by atoms with van der Waals surface area (Å²) in [5.41, 5.74) is 0.841. The van der Waals surface area contributed by atoms with Crippen LogP contribution in [0.1, 0.15) is 31.7 Å². The third kappa shape index (κ3) is 6.77. The highest BCUT2D eigenvalue weighted by Crippen LogP contribution is 2.12. The summed E-state index contributed by atoms with van der Waals surface area (Å²) in [4.78, 5) is 12.5. The Morgan fingerprint density at radius 2 is 1.70 bits per heavy atom. The van der Waals surface area contributed by atoms with Crippen LogP contribution in [-0.2, 0) is 21.2 Å². The molecular weight excluding hydrogens is 367 g/mol. The molecule has 0 aliphatic carbocycles. The lowest BCUT2D eigenvalue weighted by Crippen LogP contribution is -2.48. The molecular formula is C20H25FN2O3S. The van der Waals surface area contributed by atoms with Gasteiger partial charge in [-0.1, -0.05) is 50.1 Å². The van der Waals surface area contributed by atoms with E-state index in [-0.39, 0.29) is 17.2 Å². The summed E-state index contributed by atoms with van der Waals surface area (Å²) < 4.78 is 40.8. The Labute approximate surface area is 160 Å². The third-order valence-corrected chi connectivity index (χ3v) is 5.59. The molecule has 2 aromatic rings. The molecule has 0 heterocycles. The van der Waals surface area contributed by atoms with E-state index in [1.807, 2.05) is 30.3 Å².